The Morgan fingerprint density at radius 1 is 1.13 bits per heavy atom. The topological polar surface area (TPSA) is 107 Å². The number of hydrogen-bond donors (Lipinski definition) is 1. The monoisotopic (exact) mass is 430 g/mol. The van der Waals surface area contributed by atoms with Crippen molar-refractivity contribution in [2.75, 3.05) is 0 Å². The molecular weight excluding hydrogens is 416 g/mol. The van der Waals surface area contributed by atoms with Crippen molar-refractivity contribution in [2.45, 2.75) is 12.8 Å². The van der Waals surface area contributed by atoms with Gasteiger partial charge in [-0.05, 0) is 31.2 Å². The van der Waals surface area contributed by atoms with Gasteiger partial charge in [0.25, 0.3) is 0 Å². The number of allylic oxidation sites excluding steroid dienone is 1. The summed E-state index contributed by atoms with van der Waals surface area (Å²) >= 11 is 6.76. The first kappa shape index (κ1) is 19.0. The van der Waals surface area contributed by atoms with Gasteiger partial charge in [-0.2, -0.15) is 10.4 Å². The molecule has 0 amide bonds. The molecule has 2 aromatic heterocycles. The minimum Gasteiger partial charge on any atom is -0.439 e. The zero-order valence-electron chi connectivity index (χ0n) is 16.3. The number of benzene rings is 2. The van der Waals surface area contributed by atoms with Crippen molar-refractivity contribution in [3.63, 3.8) is 0 Å². The Bertz CT molecular complexity index is 1480. The van der Waals surface area contributed by atoms with Crippen LogP contribution < -0.4 is 16.1 Å². The van der Waals surface area contributed by atoms with Gasteiger partial charge in [-0.3, -0.25) is 0 Å². The molecule has 1 atom stereocenters. The van der Waals surface area contributed by atoms with E-state index in [9.17, 15) is 10.1 Å². The van der Waals surface area contributed by atoms with E-state index >= 15 is 0 Å². The smallest absolute Gasteiger partial charge is 0.344 e. The molecule has 0 spiro atoms. The van der Waals surface area contributed by atoms with E-state index in [1.54, 1.807) is 35.9 Å². The van der Waals surface area contributed by atoms with E-state index in [-0.39, 0.29) is 27.9 Å². The average molecular weight is 431 g/mol. The number of nitriles is 1. The Labute approximate surface area is 181 Å². The highest BCUT2D eigenvalue weighted by Crippen LogP contribution is 2.46. The van der Waals surface area contributed by atoms with Crippen molar-refractivity contribution in [1.82, 2.24) is 9.78 Å². The number of nitrogens with two attached hydrogens (primary N) is 1. The van der Waals surface area contributed by atoms with Crippen LogP contribution in [0, 0.1) is 18.3 Å². The molecule has 0 bridgehead atoms. The fraction of sp³-hybridized carbons (Fsp3) is 0.0870. The maximum Gasteiger partial charge on any atom is 0.344 e. The van der Waals surface area contributed by atoms with Crippen LogP contribution in [-0.4, -0.2) is 9.78 Å². The van der Waals surface area contributed by atoms with Gasteiger partial charge >= 0.3 is 5.63 Å². The molecule has 0 aliphatic carbocycles. The van der Waals surface area contributed by atoms with Crippen molar-refractivity contribution in [2.24, 2.45) is 5.73 Å². The van der Waals surface area contributed by atoms with Crippen LogP contribution in [0.2, 0.25) is 5.15 Å². The molecule has 2 N–H and O–H groups in total. The predicted octanol–water partition coefficient (Wildman–Crippen LogP) is 4.16. The van der Waals surface area contributed by atoms with Gasteiger partial charge in [-0.25, -0.2) is 9.48 Å². The van der Waals surface area contributed by atoms with E-state index in [0.29, 0.717) is 22.2 Å². The number of aromatic nitrogens is 2. The first-order valence-electron chi connectivity index (χ1n) is 9.45. The molecule has 5 rings (SSSR count). The molecular formula is C23H15ClN4O3. The van der Waals surface area contributed by atoms with Gasteiger partial charge in [0, 0.05) is 5.56 Å². The lowest BCUT2D eigenvalue weighted by Gasteiger charge is -2.25. The summed E-state index contributed by atoms with van der Waals surface area (Å²) in [4.78, 5) is 13.0. The predicted molar refractivity (Wildman–Crippen MR) is 115 cm³/mol. The van der Waals surface area contributed by atoms with Gasteiger partial charge in [0.2, 0.25) is 5.88 Å². The third-order valence-electron chi connectivity index (χ3n) is 5.31. The Balaban J connectivity index is 1.83. The summed E-state index contributed by atoms with van der Waals surface area (Å²) in [7, 11) is 0. The first-order chi connectivity index (χ1) is 15.0. The molecule has 1 aliphatic rings. The number of ether oxygens (including phenoxy) is 1. The second kappa shape index (κ2) is 7.04. The number of fused-ring (bicyclic) bond motifs is 3. The highest BCUT2D eigenvalue weighted by molar-refractivity contribution is 6.30. The minimum atomic E-state index is -0.875. The van der Waals surface area contributed by atoms with Gasteiger partial charge in [0.15, 0.2) is 5.75 Å². The van der Waals surface area contributed by atoms with Crippen LogP contribution in [0.3, 0.4) is 0 Å². The maximum atomic E-state index is 13.0. The quantitative estimate of drug-likeness (QED) is 0.478. The number of para-hydroxylation sites is 2. The molecule has 8 heteroatoms. The van der Waals surface area contributed by atoms with Gasteiger partial charge < -0.3 is 14.9 Å². The third-order valence-corrected chi connectivity index (χ3v) is 5.68. The second-order valence-electron chi connectivity index (χ2n) is 7.09. The fourth-order valence-electron chi connectivity index (χ4n) is 3.93. The van der Waals surface area contributed by atoms with Crippen LogP contribution in [0.1, 0.15) is 22.7 Å². The molecule has 31 heavy (non-hydrogen) atoms. The molecule has 2 aromatic carbocycles. The Hall–Kier alpha value is -4.02. The van der Waals surface area contributed by atoms with Gasteiger partial charge in [-0.15, -0.1) is 0 Å². The highest BCUT2D eigenvalue weighted by Gasteiger charge is 2.39. The minimum absolute atomic E-state index is 0.0766. The summed E-state index contributed by atoms with van der Waals surface area (Å²) in [5.74, 6) is -0.700. The Morgan fingerprint density at radius 2 is 1.84 bits per heavy atom. The molecule has 152 valence electrons. The van der Waals surface area contributed by atoms with Gasteiger partial charge in [0.1, 0.15) is 22.4 Å². The van der Waals surface area contributed by atoms with Crippen molar-refractivity contribution < 1.29 is 9.15 Å². The van der Waals surface area contributed by atoms with Crippen molar-refractivity contribution >= 4 is 22.6 Å². The maximum absolute atomic E-state index is 13.0. The number of nitrogens with zero attached hydrogens (tertiary/aromatic N) is 3. The normalized spacial score (nSPS) is 15.5. The number of rotatable bonds is 2. The van der Waals surface area contributed by atoms with Crippen molar-refractivity contribution in [3.8, 4) is 17.5 Å². The van der Waals surface area contributed by atoms with E-state index in [4.69, 9.17) is 26.5 Å². The van der Waals surface area contributed by atoms with Crippen LogP contribution in [0.5, 0.6) is 5.75 Å². The molecule has 7 nitrogen and oxygen atoms in total. The molecule has 1 aliphatic heterocycles. The Morgan fingerprint density at radius 3 is 2.58 bits per heavy atom. The van der Waals surface area contributed by atoms with Crippen LogP contribution in [0.4, 0.5) is 0 Å². The summed E-state index contributed by atoms with van der Waals surface area (Å²) in [6.45, 7) is 1.77. The molecule has 3 heterocycles. The highest BCUT2D eigenvalue weighted by atomic mass is 35.5. The van der Waals surface area contributed by atoms with Crippen molar-refractivity contribution in [3.05, 3.63) is 98.4 Å². The standard InChI is InChI=1S/C23H15ClN4O3/c1-12-17(21(24)28(27-12)13-7-3-2-4-8-13)18-15(11-25)22(26)31-20-14-9-5-6-10-16(14)30-23(29)19(18)20/h2-10,18H,26H2,1H3/t18-/m1/s1. The number of halogens is 1. The lowest BCUT2D eigenvalue weighted by atomic mass is 9.84. The average Bonchev–Trinajstić information content (AvgIpc) is 3.07. The summed E-state index contributed by atoms with van der Waals surface area (Å²) in [5, 5.41) is 15.3. The summed E-state index contributed by atoms with van der Waals surface area (Å²) in [6, 6.07) is 18.4. The van der Waals surface area contributed by atoms with E-state index < -0.39 is 11.5 Å². The molecule has 0 saturated heterocycles. The second-order valence-corrected chi connectivity index (χ2v) is 7.45. The van der Waals surface area contributed by atoms with Crippen molar-refractivity contribution in [1.29, 1.82) is 5.26 Å². The first-order valence-corrected chi connectivity index (χ1v) is 9.82. The van der Waals surface area contributed by atoms with Crippen LogP contribution in [0.25, 0.3) is 16.7 Å². The molecule has 0 radical (unpaired) electrons. The lowest BCUT2D eigenvalue weighted by molar-refractivity contribution is 0.388. The van der Waals surface area contributed by atoms with Gasteiger partial charge in [0.05, 0.1) is 28.2 Å². The largest absolute Gasteiger partial charge is 0.439 e. The zero-order chi connectivity index (χ0) is 21.7. The van der Waals surface area contributed by atoms with E-state index in [2.05, 4.69) is 11.2 Å². The summed E-state index contributed by atoms with van der Waals surface area (Å²) in [5.41, 5.74) is 7.91. The molecule has 0 saturated carbocycles. The summed E-state index contributed by atoms with van der Waals surface area (Å²) < 4.78 is 12.9. The third kappa shape index (κ3) is 2.80. The van der Waals surface area contributed by atoms with E-state index in [1.807, 2.05) is 30.3 Å². The number of aryl methyl sites for hydroxylation is 1. The number of hydrogen-bond acceptors (Lipinski definition) is 6. The van der Waals surface area contributed by atoms with Gasteiger partial charge in [-0.1, -0.05) is 41.9 Å². The van der Waals surface area contributed by atoms with Crippen LogP contribution >= 0.6 is 11.6 Å². The molecule has 0 fully saturated rings. The Kier molecular flexibility index (Phi) is 4.31. The lowest BCUT2D eigenvalue weighted by Crippen LogP contribution is -2.26. The van der Waals surface area contributed by atoms with Crippen LogP contribution in [-0.2, 0) is 0 Å². The SMILES string of the molecule is Cc1nn(-c2ccccc2)c(Cl)c1[C@H]1C(C#N)=C(N)Oc2c1c(=O)oc1ccccc21. The fourth-order valence-corrected chi connectivity index (χ4v) is 4.32. The molecule has 4 aromatic rings. The van der Waals surface area contributed by atoms with E-state index in [1.165, 1.54) is 0 Å². The zero-order valence-corrected chi connectivity index (χ0v) is 17.1. The summed E-state index contributed by atoms with van der Waals surface area (Å²) in [6.07, 6.45) is 0. The van der Waals surface area contributed by atoms with E-state index in [0.717, 1.165) is 5.69 Å². The van der Waals surface area contributed by atoms with Crippen LogP contribution in [0.15, 0.2) is 75.3 Å². The molecule has 0 unspecified atom stereocenters.